The molecule has 1 aliphatic heterocycles. The smallest absolute Gasteiger partial charge is 0.269 e. The van der Waals surface area contributed by atoms with E-state index in [1.54, 1.807) is 30.3 Å². The minimum absolute atomic E-state index is 0.00266. The first-order chi connectivity index (χ1) is 16.2. The largest absolute Gasteiger partial charge is 0.373 e. The van der Waals surface area contributed by atoms with E-state index in [4.69, 9.17) is 5.73 Å². The summed E-state index contributed by atoms with van der Waals surface area (Å²) < 4.78 is 0. The summed E-state index contributed by atoms with van der Waals surface area (Å²) in [4.78, 5) is 45.1. The van der Waals surface area contributed by atoms with E-state index in [1.807, 2.05) is 0 Å². The third-order valence-electron chi connectivity index (χ3n) is 5.54. The Bertz CT molecular complexity index is 1160. The first-order valence-electron chi connectivity index (χ1n) is 10.4. The topological polar surface area (TPSA) is 171 Å². The van der Waals surface area contributed by atoms with Crippen molar-refractivity contribution in [3.63, 3.8) is 0 Å². The van der Waals surface area contributed by atoms with Gasteiger partial charge < -0.3 is 16.4 Å². The van der Waals surface area contributed by atoms with E-state index in [2.05, 4.69) is 10.6 Å². The second-order valence-corrected chi connectivity index (χ2v) is 7.77. The maximum Gasteiger partial charge on any atom is 0.269 e. The molecule has 0 saturated heterocycles. The number of nitro benzene ring substituents is 2. The molecule has 0 bridgehead atoms. The standard InChI is InChI=1S/C23H23N5O6/c24-22(30)23(12-9-16-1-5-19(6-2-16)27(31)32)13-10-18(15-26-23)21(29)25-14-11-17-3-7-20(8-4-17)28(33)34/h1-8,10,13,15,26H,9,11-12,14H2,(H2,24,30)(H,25,29). The number of nitrogens with one attached hydrogen (secondary N) is 2. The fraction of sp³-hybridized carbons (Fsp3) is 0.217. The molecule has 4 N–H and O–H groups in total. The van der Waals surface area contributed by atoms with Crippen LogP contribution in [0.2, 0.25) is 0 Å². The Morgan fingerprint density at radius 3 is 1.88 bits per heavy atom. The van der Waals surface area contributed by atoms with E-state index >= 15 is 0 Å². The fourth-order valence-corrected chi connectivity index (χ4v) is 3.44. The SMILES string of the molecule is NC(=O)C1(CCc2ccc([N+](=O)[O-])cc2)C=CC(C(=O)NCCc2ccc([N+](=O)[O-])cc2)=CN1. The number of amides is 2. The lowest BCUT2D eigenvalue weighted by atomic mass is 9.87. The van der Waals surface area contributed by atoms with Crippen LogP contribution in [0, 0.1) is 20.2 Å². The Morgan fingerprint density at radius 2 is 1.44 bits per heavy atom. The average Bonchev–Trinajstić information content (AvgIpc) is 2.83. The highest BCUT2D eigenvalue weighted by Crippen LogP contribution is 2.22. The second-order valence-electron chi connectivity index (χ2n) is 7.77. The highest BCUT2D eigenvalue weighted by atomic mass is 16.6. The van der Waals surface area contributed by atoms with Crippen molar-refractivity contribution in [1.29, 1.82) is 0 Å². The average molecular weight is 465 g/mol. The van der Waals surface area contributed by atoms with Gasteiger partial charge in [-0.25, -0.2) is 0 Å². The van der Waals surface area contributed by atoms with Crippen molar-refractivity contribution in [2.75, 3.05) is 6.54 Å². The normalized spacial score (nSPS) is 16.8. The van der Waals surface area contributed by atoms with Crippen molar-refractivity contribution in [2.45, 2.75) is 24.8 Å². The van der Waals surface area contributed by atoms with E-state index in [0.717, 1.165) is 11.1 Å². The lowest BCUT2D eigenvalue weighted by Crippen LogP contribution is -2.53. The summed E-state index contributed by atoms with van der Waals surface area (Å²) in [6.45, 7) is 0.322. The molecule has 3 rings (SSSR count). The summed E-state index contributed by atoms with van der Waals surface area (Å²) >= 11 is 0. The van der Waals surface area contributed by atoms with Crippen LogP contribution in [-0.4, -0.2) is 33.7 Å². The molecule has 0 saturated carbocycles. The molecule has 11 heteroatoms. The first-order valence-corrected chi connectivity index (χ1v) is 10.4. The number of hydrogen-bond acceptors (Lipinski definition) is 7. The number of primary amides is 1. The molecule has 0 aromatic heterocycles. The van der Waals surface area contributed by atoms with Gasteiger partial charge in [-0.1, -0.05) is 24.3 Å². The summed E-state index contributed by atoms with van der Waals surface area (Å²) in [5, 5.41) is 27.2. The summed E-state index contributed by atoms with van der Waals surface area (Å²) in [6.07, 6.45) is 5.73. The van der Waals surface area contributed by atoms with Gasteiger partial charge in [0.1, 0.15) is 5.54 Å². The van der Waals surface area contributed by atoms with Gasteiger partial charge in [-0.15, -0.1) is 0 Å². The predicted molar refractivity (Wildman–Crippen MR) is 124 cm³/mol. The Hall–Kier alpha value is -4.54. The maximum absolute atomic E-state index is 12.4. The number of carbonyl (C=O) groups is 2. The molecule has 2 aromatic rings. The first kappa shape index (κ1) is 24.1. The van der Waals surface area contributed by atoms with Crippen LogP contribution in [0.5, 0.6) is 0 Å². The molecule has 1 atom stereocenters. The molecule has 34 heavy (non-hydrogen) atoms. The number of aryl methyl sites for hydroxylation is 1. The Balaban J connectivity index is 1.54. The summed E-state index contributed by atoms with van der Waals surface area (Å²) in [5.74, 6) is -0.960. The number of hydrogen-bond donors (Lipinski definition) is 3. The van der Waals surface area contributed by atoms with E-state index in [9.17, 15) is 29.8 Å². The number of benzene rings is 2. The van der Waals surface area contributed by atoms with Crippen LogP contribution < -0.4 is 16.4 Å². The van der Waals surface area contributed by atoms with E-state index < -0.39 is 21.3 Å². The molecule has 0 spiro atoms. The number of carbonyl (C=O) groups excluding carboxylic acids is 2. The third kappa shape index (κ3) is 5.82. The molecule has 2 aromatic carbocycles. The van der Waals surface area contributed by atoms with Crippen molar-refractivity contribution in [1.82, 2.24) is 10.6 Å². The number of nitrogens with zero attached hydrogens (tertiary/aromatic N) is 2. The van der Waals surface area contributed by atoms with Crippen LogP contribution in [0.15, 0.2) is 72.5 Å². The van der Waals surface area contributed by atoms with Gasteiger partial charge in [-0.3, -0.25) is 29.8 Å². The molecule has 2 amide bonds. The number of dihydropyridines is 1. The van der Waals surface area contributed by atoms with Gasteiger partial charge in [0.25, 0.3) is 17.3 Å². The van der Waals surface area contributed by atoms with Gasteiger partial charge in [-0.2, -0.15) is 0 Å². The quantitative estimate of drug-likeness (QED) is 0.356. The Morgan fingerprint density at radius 1 is 0.912 bits per heavy atom. The summed E-state index contributed by atoms with van der Waals surface area (Å²) in [7, 11) is 0. The monoisotopic (exact) mass is 465 g/mol. The van der Waals surface area contributed by atoms with E-state index in [1.165, 1.54) is 36.5 Å². The van der Waals surface area contributed by atoms with Crippen LogP contribution in [0.3, 0.4) is 0 Å². The van der Waals surface area contributed by atoms with Crippen LogP contribution in [0.4, 0.5) is 11.4 Å². The maximum atomic E-state index is 12.4. The number of non-ortho nitro benzene ring substituents is 2. The molecule has 176 valence electrons. The molecule has 1 unspecified atom stereocenters. The summed E-state index contributed by atoms with van der Waals surface area (Å²) in [6, 6.07) is 12.1. The number of rotatable bonds is 10. The fourth-order valence-electron chi connectivity index (χ4n) is 3.44. The minimum atomic E-state index is -1.19. The van der Waals surface area contributed by atoms with Crippen molar-refractivity contribution in [2.24, 2.45) is 5.73 Å². The summed E-state index contributed by atoms with van der Waals surface area (Å²) in [5.41, 5.74) is 6.37. The lowest BCUT2D eigenvalue weighted by molar-refractivity contribution is -0.385. The Kier molecular flexibility index (Phi) is 7.36. The molecule has 0 radical (unpaired) electrons. The highest BCUT2D eigenvalue weighted by molar-refractivity contribution is 5.97. The Labute approximate surface area is 194 Å². The molecular formula is C23H23N5O6. The number of nitrogens with two attached hydrogens (primary N) is 1. The van der Waals surface area contributed by atoms with Crippen molar-refractivity contribution in [3.05, 3.63) is 104 Å². The van der Waals surface area contributed by atoms with Crippen LogP contribution in [0.25, 0.3) is 0 Å². The zero-order valence-electron chi connectivity index (χ0n) is 18.1. The zero-order valence-corrected chi connectivity index (χ0v) is 18.1. The van der Waals surface area contributed by atoms with E-state index in [-0.39, 0.29) is 17.3 Å². The molecule has 0 aliphatic carbocycles. The molecule has 0 fully saturated rings. The zero-order chi connectivity index (χ0) is 24.7. The van der Waals surface area contributed by atoms with Crippen LogP contribution >= 0.6 is 0 Å². The predicted octanol–water partition coefficient (Wildman–Crippen LogP) is 2.06. The third-order valence-corrected chi connectivity index (χ3v) is 5.54. The highest BCUT2D eigenvalue weighted by Gasteiger charge is 2.34. The van der Waals surface area contributed by atoms with Gasteiger partial charge in [0, 0.05) is 37.0 Å². The van der Waals surface area contributed by atoms with Gasteiger partial charge in [0.05, 0.1) is 15.4 Å². The van der Waals surface area contributed by atoms with Gasteiger partial charge in [-0.05, 0) is 42.5 Å². The minimum Gasteiger partial charge on any atom is -0.373 e. The lowest BCUT2D eigenvalue weighted by Gasteiger charge is -2.31. The van der Waals surface area contributed by atoms with Gasteiger partial charge >= 0.3 is 0 Å². The van der Waals surface area contributed by atoms with Crippen molar-refractivity contribution in [3.8, 4) is 0 Å². The van der Waals surface area contributed by atoms with Gasteiger partial charge in [0.2, 0.25) is 5.91 Å². The molecule has 1 heterocycles. The van der Waals surface area contributed by atoms with Crippen molar-refractivity contribution >= 4 is 23.2 Å². The van der Waals surface area contributed by atoms with Crippen LogP contribution in [-0.2, 0) is 22.4 Å². The number of nitro groups is 2. The molecule has 1 aliphatic rings. The molecular weight excluding hydrogens is 442 g/mol. The van der Waals surface area contributed by atoms with Crippen molar-refractivity contribution < 1.29 is 19.4 Å². The van der Waals surface area contributed by atoms with Crippen LogP contribution in [0.1, 0.15) is 17.5 Å². The van der Waals surface area contributed by atoms with E-state index in [0.29, 0.717) is 31.4 Å². The molecule has 11 nitrogen and oxygen atoms in total. The second kappa shape index (κ2) is 10.4. The van der Waals surface area contributed by atoms with Gasteiger partial charge in [0.15, 0.2) is 0 Å².